The van der Waals surface area contributed by atoms with Crippen LogP contribution in [0, 0.1) is 0 Å². The summed E-state index contributed by atoms with van der Waals surface area (Å²) in [7, 11) is 0. The van der Waals surface area contributed by atoms with E-state index in [0.29, 0.717) is 11.1 Å². The molecule has 4 amide bonds. The Bertz CT molecular complexity index is 1400. The van der Waals surface area contributed by atoms with Gasteiger partial charge in [0.05, 0.1) is 6.04 Å². The van der Waals surface area contributed by atoms with Gasteiger partial charge in [0.25, 0.3) is 0 Å². The highest BCUT2D eigenvalue weighted by atomic mass is 79.9. The topological polar surface area (TPSA) is 200 Å². The van der Waals surface area contributed by atoms with E-state index in [-0.39, 0.29) is 18.6 Å². The molecule has 0 saturated carbocycles. The molecule has 0 aliphatic heterocycles. The average molecular weight is 741 g/mol. The molecule has 46 heavy (non-hydrogen) atoms. The number of rotatable bonds is 15. The van der Waals surface area contributed by atoms with Crippen molar-refractivity contribution >= 4 is 70.8 Å². The molecule has 0 heterocycles. The van der Waals surface area contributed by atoms with Crippen molar-refractivity contribution in [1.82, 2.24) is 21.3 Å². The number of hydrogen-bond donors (Lipinski definition) is 9. The van der Waals surface area contributed by atoms with Gasteiger partial charge in [0.15, 0.2) is 0 Å². The van der Waals surface area contributed by atoms with Gasteiger partial charge in [-0.1, -0.05) is 40.2 Å². The van der Waals surface area contributed by atoms with Gasteiger partial charge < -0.3 is 37.2 Å². The van der Waals surface area contributed by atoms with Crippen LogP contribution in [0.1, 0.15) is 45.7 Å². The molecule has 0 unspecified atom stereocenters. The lowest BCUT2D eigenvalue weighted by Crippen LogP contribution is -2.62. The molecule has 0 aliphatic carbocycles. The van der Waals surface area contributed by atoms with Crippen LogP contribution in [0.4, 0.5) is 0 Å². The first kappa shape index (κ1) is 38.9. The van der Waals surface area contributed by atoms with Gasteiger partial charge in [0.1, 0.15) is 29.9 Å². The maximum absolute atomic E-state index is 13.4. The van der Waals surface area contributed by atoms with Crippen molar-refractivity contribution in [3.8, 4) is 5.75 Å². The molecule has 2 aromatic carbocycles. The minimum Gasteiger partial charge on any atom is -0.508 e. The first-order valence-electron chi connectivity index (χ1n) is 14.4. The van der Waals surface area contributed by atoms with Crippen LogP contribution >= 0.6 is 41.2 Å². The molecule has 0 bridgehead atoms. The highest BCUT2D eigenvalue weighted by molar-refractivity contribution is 9.10. The largest absolute Gasteiger partial charge is 0.508 e. The predicted octanol–water partition coefficient (Wildman–Crippen LogP) is 1.73. The number of nitrogens with two attached hydrogens (primary N) is 1. The van der Waals surface area contributed by atoms with E-state index in [1.807, 2.05) is 0 Å². The zero-order valence-electron chi connectivity index (χ0n) is 26.2. The number of carboxylic acids is 1. The van der Waals surface area contributed by atoms with E-state index in [1.54, 1.807) is 50.2 Å². The number of phenols is 1. The van der Waals surface area contributed by atoms with E-state index in [2.05, 4.69) is 62.5 Å². The number of carbonyl (C=O) groups excluding carboxylic acids is 4. The molecule has 5 atom stereocenters. The van der Waals surface area contributed by atoms with Crippen molar-refractivity contribution in [3.63, 3.8) is 0 Å². The summed E-state index contributed by atoms with van der Waals surface area (Å²) in [6.45, 7) is 7.69. The molecule has 0 aromatic heterocycles. The van der Waals surface area contributed by atoms with Crippen molar-refractivity contribution in [2.45, 2.75) is 87.2 Å². The summed E-state index contributed by atoms with van der Waals surface area (Å²) in [5.74, 6) is -4.06. The van der Waals surface area contributed by atoms with Gasteiger partial charge in [-0.15, -0.1) is 0 Å². The van der Waals surface area contributed by atoms with Crippen LogP contribution in [0.5, 0.6) is 5.75 Å². The Labute approximate surface area is 288 Å². The Morgan fingerprint density at radius 2 is 1.22 bits per heavy atom. The maximum atomic E-state index is 13.4. The molecule has 2 aromatic rings. The lowest BCUT2D eigenvalue weighted by molar-refractivity contribution is -0.143. The second kappa shape index (κ2) is 16.5. The van der Waals surface area contributed by atoms with Crippen LogP contribution in [0.3, 0.4) is 0 Å². The molecule has 2 rings (SSSR count). The van der Waals surface area contributed by atoms with E-state index in [1.165, 1.54) is 32.9 Å². The molecule has 8 N–H and O–H groups in total. The van der Waals surface area contributed by atoms with Crippen LogP contribution in [-0.4, -0.2) is 79.5 Å². The third-order valence-corrected chi connectivity index (χ3v) is 8.01. The summed E-state index contributed by atoms with van der Waals surface area (Å²) in [5.41, 5.74) is 7.47. The first-order valence-corrected chi connectivity index (χ1v) is 16.0. The van der Waals surface area contributed by atoms with Gasteiger partial charge in [0, 0.05) is 20.4 Å². The van der Waals surface area contributed by atoms with E-state index >= 15 is 0 Å². The fourth-order valence-corrected chi connectivity index (χ4v) is 4.92. The Kier molecular flexibility index (Phi) is 14.0. The van der Waals surface area contributed by atoms with Crippen LogP contribution in [0.15, 0.2) is 53.0 Å². The van der Waals surface area contributed by atoms with Crippen molar-refractivity contribution < 1.29 is 34.2 Å². The van der Waals surface area contributed by atoms with Gasteiger partial charge in [-0.05, 0) is 76.4 Å². The van der Waals surface area contributed by atoms with Crippen molar-refractivity contribution in [2.75, 3.05) is 0 Å². The number of carboxylic acid groups (broad SMARTS) is 1. The minimum atomic E-state index is -1.37. The normalized spacial score (nSPS) is 15.0. The maximum Gasteiger partial charge on any atom is 0.327 e. The molecule has 0 radical (unpaired) electrons. The van der Waals surface area contributed by atoms with Crippen LogP contribution in [0.25, 0.3) is 0 Å². The number of amides is 4. The van der Waals surface area contributed by atoms with Crippen LogP contribution < -0.4 is 27.0 Å². The summed E-state index contributed by atoms with van der Waals surface area (Å²) in [6.07, 6.45) is 0.160. The quantitative estimate of drug-likeness (QED) is 0.123. The van der Waals surface area contributed by atoms with Crippen molar-refractivity contribution in [2.24, 2.45) is 5.73 Å². The monoisotopic (exact) mass is 739 g/mol. The molecule has 0 saturated heterocycles. The Hall–Kier alpha value is -3.27. The molecule has 252 valence electrons. The summed E-state index contributed by atoms with van der Waals surface area (Å²) in [5, 5.41) is 29.4. The van der Waals surface area contributed by atoms with Gasteiger partial charge in [-0.25, -0.2) is 4.79 Å². The third kappa shape index (κ3) is 12.2. The smallest absolute Gasteiger partial charge is 0.327 e. The number of aliphatic carboxylic acids is 1. The summed E-state index contributed by atoms with van der Waals surface area (Å²) in [6, 6.07) is 7.22. The lowest BCUT2D eigenvalue weighted by Gasteiger charge is -2.32. The number of halogens is 1. The SMILES string of the molecule is C[C@H](NC(=O)[C@H](NC(=O)[C@@H](N)Cc1ccc(O)cc1)C(C)(C)S)C(=O)N[C@@H](Cc1ccc(Br)cc1)C(=O)N[C@@H](C(=O)O)C(C)(C)S. The fraction of sp³-hybridized carbons (Fsp3) is 0.452. The second-order valence-corrected chi connectivity index (χ2v) is 15.3. The third-order valence-electron chi connectivity index (χ3n) is 6.96. The standard InChI is InChI=1S/C31H42BrN5O7S2/c1-16(34-28(42)23(30(2,3)45)36-26(40)21(33)14-17-8-12-20(38)13-9-17)25(39)35-22(15-18-6-10-19(32)11-7-18)27(41)37-24(29(43)44)31(4,5)46/h6-13,16,21-24,38,45-46H,14-15,33H2,1-5H3,(H,34,42)(H,35,39)(H,36,40)(H,37,41)(H,43,44)/t16-,21-,22-,23-,24-/m0/s1. The number of thiol groups is 2. The van der Waals surface area contributed by atoms with E-state index in [4.69, 9.17) is 5.73 Å². The van der Waals surface area contributed by atoms with E-state index in [0.717, 1.165) is 4.47 Å². The van der Waals surface area contributed by atoms with Gasteiger partial charge in [0.2, 0.25) is 23.6 Å². The molecule has 0 spiro atoms. The zero-order valence-corrected chi connectivity index (χ0v) is 29.6. The van der Waals surface area contributed by atoms with Crippen molar-refractivity contribution in [1.29, 1.82) is 0 Å². The van der Waals surface area contributed by atoms with Crippen LogP contribution in [0.2, 0.25) is 0 Å². The van der Waals surface area contributed by atoms with Gasteiger partial charge in [-0.2, -0.15) is 25.3 Å². The number of carbonyl (C=O) groups is 5. The molecule has 0 fully saturated rings. The number of phenolic OH excluding ortho intramolecular Hbond substituents is 1. The highest BCUT2D eigenvalue weighted by Crippen LogP contribution is 2.20. The van der Waals surface area contributed by atoms with Gasteiger partial charge >= 0.3 is 5.97 Å². The Morgan fingerprint density at radius 3 is 1.72 bits per heavy atom. The zero-order chi connectivity index (χ0) is 35.0. The van der Waals surface area contributed by atoms with E-state index in [9.17, 15) is 34.2 Å². The summed E-state index contributed by atoms with van der Waals surface area (Å²) >= 11 is 12.1. The number of hydrogen-bond acceptors (Lipinski definition) is 9. The fourth-order valence-electron chi connectivity index (χ4n) is 4.30. The van der Waals surface area contributed by atoms with Crippen LogP contribution in [-0.2, 0) is 36.8 Å². The number of benzene rings is 2. The highest BCUT2D eigenvalue weighted by Gasteiger charge is 2.38. The van der Waals surface area contributed by atoms with Crippen molar-refractivity contribution in [3.05, 3.63) is 64.1 Å². The van der Waals surface area contributed by atoms with Gasteiger partial charge in [-0.3, -0.25) is 19.2 Å². The molecule has 0 aliphatic rings. The molecule has 15 heteroatoms. The number of aromatic hydroxyl groups is 1. The Morgan fingerprint density at radius 1 is 0.739 bits per heavy atom. The Balaban J connectivity index is 2.18. The molecular weight excluding hydrogens is 698 g/mol. The average Bonchev–Trinajstić information content (AvgIpc) is 2.94. The first-order chi connectivity index (χ1) is 21.2. The second-order valence-electron chi connectivity index (χ2n) is 12.1. The molecule has 12 nitrogen and oxygen atoms in total. The molecular formula is C31H42BrN5O7S2. The minimum absolute atomic E-state index is 0.0200. The summed E-state index contributed by atoms with van der Waals surface area (Å²) < 4.78 is -1.40. The number of nitrogens with one attached hydrogen (secondary N) is 4. The van der Waals surface area contributed by atoms with E-state index < -0.39 is 69.3 Å². The lowest BCUT2D eigenvalue weighted by atomic mass is 9.99. The predicted molar refractivity (Wildman–Crippen MR) is 185 cm³/mol. The summed E-state index contributed by atoms with van der Waals surface area (Å²) in [4.78, 5) is 64.8.